The van der Waals surface area contributed by atoms with E-state index in [1.165, 1.54) is 4.90 Å². The lowest BCUT2D eigenvalue weighted by molar-refractivity contribution is -0.134. The van der Waals surface area contributed by atoms with Crippen LogP contribution in [0.2, 0.25) is 0 Å². The number of amides is 3. The summed E-state index contributed by atoms with van der Waals surface area (Å²) in [5.74, 6) is -0.125. The number of likely N-dealkylation sites (tertiary alicyclic amines) is 1. The molecule has 0 bridgehead atoms. The van der Waals surface area contributed by atoms with Gasteiger partial charge in [0.2, 0.25) is 17.7 Å². The minimum atomic E-state index is -0.223. The first-order valence-corrected chi connectivity index (χ1v) is 9.18. The van der Waals surface area contributed by atoms with Crippen molar-refractivity contribution in [2.75, 3.05) is 29.9 Å². The normalized spacial score (nSPS) is 20.2. The van der Waals surface area contributed by atoms with Crippen molar-refractivity contribution in [2.24, 2.45) is 11.7 Å². The molecule has 0 spiro atoms. The van der Waals surface area contributed by atoms with E-state index in [0.717, 1.165) is 19.4 Å². The Hall–Kier alpha value is -2.12. The summed E-state index contributed by atoms with van der Waals surface area (Å²) in [7, 11) is 0. The van der Waals surface area contributed by atoms with Gasteiger partial charge in [0.25, 0.3) is 0 Å². The first kappa shape index (κ1) is 21.2. The second-order valence-electron chi connectivity index (χ2n) is 7.15. The largest absolute Gasteiger partial charge is 0.342 e. The van der Waals surface area contributed by atoms with E-state index in [1.54, 1.807) is 12.1 Å². The van der Waals surface area contributed by atoms with E-state index < -0.39 is 0 Å². The van der Waals surface area contributed by atoms with Gasteiger partial charge in [0.15, 0.2) is 0 Å². The van der Waals surface area contributed by atoms with Crippen LogP contribution in [0.5, 0.6) is 0 Å². The molecule has 2 unspecified atom stereocenters. The molecule has 0 saturated carbocycles. The van der Waals surface area contributed by atoms with Crippen LogP contribution in [0.15, 0.2) is 24.3 Å². The van der Waals surface area contributed by atoms with Crippen LogP contribution < -0.4 is 16.0 Å². The van der Waals surface area contributed by atoms with E-state index in [0.29, 0.717) is 23.8 Å². The number of fused-ring (bicyclic) bond motifs is 1. The number of carbonyl (C=O) groups is 3. The van der Waals surface area contributed by atoms with Crippen molar-refractivity contribution in [3.63, 3.8) is 0 Å². The predicted molar refractivity (Wildman–Crippen MR) is 107 cm³/mol. The van der Waals surface area contributed by atoms with Crippen molar-refractivity contribution in [2.45, 2.75) is 38.6 Å². The number of halogens is 1. The summed E-state index contributed by atoms with van der Waals surface area (Å²) in [4.78, 5) is 40.2. The van der Waals surface area contributed by atoms with E-state index in [4.69, 9.17) is 5.73 Å². The summed E-state index contributed by atoms with van der Waals surface area (Å²) in [5.41, 5.74) is 7.28. The zero-order valence-electron chi connectivity index (χ0n) is 15.5. The van der Waals surface area contributed by atoms with Crippen LogP contribution in [0.1, 0.15) is 32.6 Å². The molecule has 27 heavy (non-hydrogen) atoms. The zero-order valence-corrected chi connectivity index (χ0v) is 16.3. The quantitative estimate of drug-likeness (QED) is 0.813. The monoisotopic (exact) mass is 394 g/mol. The van der Waals surface area contributed by atoms with E-state index in [1.807, 2.05) is 24.0 Å². The molecule has 1 fully saturated rings. The fraction of sp³-hybridized carbons (Fsp3) is 0.526. The average Bonchev–Trinajstić information content (AvgIpc) is 2.65. The summed E-state index contributed by atoms with van der Waals surface area (Å²) in [5, 5.41) is 2.76. The van der Waals surface area contributed by atoms with Gasteiger partial charge in [-0.1, -0.05) is 12.1 Å². The Balaban J connectivity index is 0.00000261. The molecule has 148 valence electrons. The number of carbonyl (C=O) groups excluding carboxylic acids is 3. The molecule has 2 atom stereocenters. The molecule has 1 aromatic rings. The molecule has 2 heterocycles. The minimum Gasteiger partial charge on any atom is -0.342 e. The maximum absolute atomic E-state index is 12.6. The van der Waals surface area contributed by atoms with Crippen molar-refractivity contribution in [3.8, 4) is 0 Å². The van der Waals surface area contributed by atoms with E-state index >= 15 is 0 Å². The Morgan fingerprint density at radius 1 is 1.26 bits per heavy atom. The first-order valence-electron chi connectivity index (χ1n) is 9.18. The number of piperidine rings is 1. The summed E-state index contributed by atoms with van der Waals surface area (Å²) >= 11 is 0. The van der Waals surface area contributed by atoms with Gasteiger partial charge < -0.3 is 20.9 Å². The Bertz CT molecular complexity index is 710. The lowest BCUT2D eigenvalue weighted by Crippen LogP contribution is -2.46. The van der Waals surface area contributed by atoms with Gasteiger partial charge in [-0.3, -0.25) is 14.4 Å². The van der Waals surface area contributed by atoms with Crippen molar-refractivity contribution in [3.05, 3.63) is 24.3 Å². The highest BCUT2D eigenvalue weighted by Gasteiger charge is 2.29. The molecule has 0 aliphatic carbocycles. The summed E-state index contributed by atoms with van der Waals surface area (Å²) in [6, 6.07) is 7.26. The van der Waals surface area contributed by atoms with Crippen LogP contribution in [0.3, 0.4) is 0 Å². The summed E-state index contributed by atoms with van der Waals surface area (Å²) in [6.07, 6.45) is 2.25. The van der Waals surface area contributed by atoms with Crippen molar-refractivity contribution in [1.82, 2.24) is 4.90 Å². The Labute approximate surface area is 165 Å². The zero-order chi connectivity index (χ0) is 18.7. The lowest BCUT2D eigenvalue weighted by Gasteiger charge is -2.35. The molecule has 2 aliphatic heterocycles. The standard InChI is InChI=1S/C19H26N4O3.ClH/c1-13(20)14-5-4-10-22(11-14)18(25)8-9-19(26)23-12-17(24)21-15-6-2-3-7-16(15)23;/h2-3,6-7,13-14H,4-5,8-12,20H2,1H3,(H,21,24);1H. The SMILES string of the molecule is CC(N)C1CCCN(C(=O)CCC(=O)N2CC(=O)Nc3ccccc32)C1.Cl. The fourth-order valence-corrected chi connectivity index (χ4v) is 3.63. The number of hydrogen-bond donors (Lipinski definition) is 2. The van der Waals surface area contributed by atoms with Gasteiger partial charge >= 0.3 is 0 Å². The number of nitrogens with zero attached hydrogens (tertiary/aromatic N) is 2. The lowest BCUT2D eigenvalue weighted by atomic mass is 9.92. The van der Waals surface area contributed by atoms with Crippen molar-refractivity contribution >= 4 is 41.5 Å². The second kappa shape index (κ2) is 9.19. The Morgan fingerprint density at radius 3 is 2.70 bits per heavy atom. The number of nitrogens with two attached hydrogens (primary N) is 1. The molecule has 8 heteroatoms. The molecule has 1 aromatic carbocycles. The van der Waals surface area contributed by atoms with Crippen LogP contribution in [-0.2, 0) is 14.4 Å². The molecular weight excluding hydrogens is 368 g/mol. The topological polar surface area (TPSA) is 95.7 Å². The third kappa shape index (κ3) is 4.99. The molecule has 7 nitrogen and oxygen atoms in total. The minimum absolute atomic E-state index is 0. The number of benzene rings is 1. The Morgan fingerprint density at radius 2 is 1.96 bits per heavy atom. The van der Waals surface area contributed by atoms with E-state index in [-0.39, 0.29) is 55.6 Å². The molecule has 2 aliphatic rings. The molecule has 0 aromatic heterocycles. The Kier molecular flexibility index (Phi) is 7.21. The molecular formula is C19H27ClN4O3. The van der Waals surface area contributed by atoms with Gasteiger partial charge in [0, 0.05) is 32.0 Å². The highest BCUT2D eigenvalue weighted by atomic mass is 35.5. The highest BCUT2D eigenvalue weighted by molar-refractivity contribution is 6.10. The molecule has 3 amide bonds. The average molecular weight is 395 g/mol. The molecule has 1 saturated heterocycles. The molecule has 0 radical (unpaired) electrons. The second-order valence-corrected chi connectivity index (χ2v) is 7.15. The van der Waals surface area contributed by atoms with Gasteiger partial charge in [-0.2, -0.15) is 0 Å². The van der Waals surface area contributed by atoms with Gasteiger partial charge in [-0.25, -0.2) is 0 Å². The maximum atomic E-state index is 12.6. The van der Waals surface area contributed by atoms with Crippen LogP contribution >= 0.6 is 12.4 Å². The third-order valence-electron chi connectivity index (χ3n) is 5.18. The number of para-hydroxylation sites is 2. The predicted octanol–water partition coefficient (Wildman–Crippen LogP) is 1.76. The molecule has 3 rings (SSSR count). The summed E-state index contributed by atoms with van der Waals surface area (Å²) in [6.45, 7) is 3.35. The highest BCUT2D eigenvalue weighted by Crippen LogP contribution is 2.29. The van der Waals surface area contributed by atoms with Crippen LogP contribution in [0.25, 0.3) is 0 Å². The number of anilines is 2. The van der Waals surface area contributed by atoms with Crippen molar-refractivity contribution < 1.29 is 14.4 Å². The fourth-order valence-electron chi connectivity index (χ4n) is 3.63. The van der Waals surface area contributed by atoms with Crippen LogP contribution in [-0.4, -0.2) is 48.3 Å². The summed E-state index contributed by atoms with van der Waals surface area (Å²) < 4.78 is 0. The molecule has 3 N–H and O–H groups in total. The smallest absolute Gasteiger partial charge is 0.244 e. The number of rotatable bonds is 4. The maximum Gasteiger partial charge on any atom is 0.244 e. The first-order chi connectivity index (χ1) is 12.5. The van der Waals surface area contributed by atoms with E-state index in [9.17, 15) is 14.4 Å². The van der Waals surface area contributed by atoms with Gasteiger partial charge in [-0.15, -0.1) is 12.4 Å². The number of hydrogen-bond acceptors (Lipinski definition) is 4. The van der Waals surface area contributed by atoms with Gasteiger partial charge in [0.1, 0.15) is 6.54 Å². The van der Waals surface area contributed by atoms with Crippen molar-refractivity contribution in [1.29, 1.82) is 0 Å². The van der Waals surface area contributed by atoms with E-state index in [2.05, 4.69) is 5.32 Å². The van der Waals surface area contributed by atoms with Gasteiger partial charge in [0.05, 0.1) is 11.4 Å². The van der Waals surface area contributed by atoms with Crippen LogP contribution in [0, 0.1) is 5.92 Å². The third-order valence-corrected chi connectivity index (χ3v) is 5.18. The van der Waals surface area contributed by atoms with Crippen LogP contribution in [0.4, 0.5) is 11.4 Å². The number of nitrogens with one attached hydrogen (secondary N) is 1. The van der Waals surface area contributed by atoms with Gasteiger partial charge in [-0.05, 0) is 37.8 Å².